The van der Waals surface area contributed by atoms with Crippen molar-refractivity contribution >= 4 is 39.5 Å². The maximum Gasteiger partial charge on any atom is 0.472 e. The highest BCUT2D eigenvalue weighted by molar-refractivity contribution is 7.47. The van der Waals surface area contributed by atoms with Crippen LogP contribution in [0, 0.1) is 0 Å². The summed E-state index contributed by atoms with van der Waals surface area (Å²) in [6, 6.07) is 0. The highest BCUT2D eigenvalue weighted by Gasteiger charge is 2.30. The minimum absolute atomic E-state index is 0.0756. The molecule has 0 bridgehead atoms. The van der Waals surface area contributed by atoms with Crippen LogP contribution in [0.1, 0.15) is 349 Å². The van der Waals surface area contributed by atoms with Gasteiger partial charge in [-0.2, -0.15) is 0 Å². The van der Waals surface area contributed by atoms with E-state index >= 15 is 0 Å². The molecule has 5 atom stereocenters. The van der Waals surface area contributed by atoms with Crippen molar-refractivity contribution in [2.45, 2.75) is 367 Å². The van der Waals surface area contributed by atoms with Crippen molar-refractivity contribution in [3.63, 3.8) is 0 Å². The smallest absolute Gasteiger partial charge is 0.462 e. The lowest BCUT2D eigenvalue weighted by molar-refractivity contribution is -0.161. The molecule has 98 heavy (non-hydrogen) atoms. The number of aliphatic hydroxyl groups excluding tert-OH is 1. The van der Waals surface area contributed by atoms with Crippen LogP contribution in [-0.2, 0) is 65.4 Å². The molecule has 0 aromatic heterocycles. The van der Waals surface area contributed by atoms with Gasteiger partial charge in [0.1, 0.15) is 19.3 Å². The standard InChI is InChI=1S/C79H142O17P2/c1-5-9-13-17-21-25-29-33-35-36-38-42-44-48-52-56-60-64-77(82)90-70-75(96-79(84)66-62-58-54-50-46-40-32-28-24-20-16-12-8-4)72-94-98(87,88)92-68-73(80)67-91-97(85,86)93-71-74(95-78(83)65-61-57-53-49-45-39-31-27-23-19-15-11-7-3)69-89-76(81)63-59-55-51-47-43-41-37-34-30-26-22-18-14-10-6-2/h21,25,28,32-35,37-38,42,48,52,73-75,80H,5-20,22-24,26-27,29-31,36,39-41,43-47,49-51,53-72H2,1-4H3,(H,85,86)(H,87,88)/b25-21-,32-28-,35-33-,37-34-,42-38-,52-48-/t73-,74+,75+/m0/s1. The normalized spacial score (nSPS) is 14.3. The van der Waals surface area contributed by atoms with Crippen molar-refractivity contribution in [2.75, 3.05) is 39.6 Å². The monoisotopic (exact) mass is 1420 g/mol. The lowest BCUT2D eigenvalue weighted by atomic mass is 10.0. The Bertz CT molecular complexity index is 2140. The Labute approximate surface area is 596 Å². The lowest BCUT2D eigenvalue weighted by Crippen LogP contribution is -2.30. The number of carbonyl (C=O) groups is 4. The third kappa shape index (κ3) is 70.9. The summed E-state index contributed by atoms with van der Waals surface area (Å²) < 4.78 is 68.4. The molecule has 0 radical (unpaired) electrons. The molecule has 0 aliphatic rings. The fraction of sp³-hybridized carbons (Fsp3) is 0.797. The van der Waals surface area contributed by atoms with Crippen LogP contribution in [0.2, 0.25) is 0 Å². The molecular weight excluding hydrogens is 1280 g/mol. The second kappa shape index (κ2) is 71.9. The molecule has 0 spiro atoms. The quantitative estimate of drug-likeness (QED) is 0.0169. The maximum atomic E-state index is 13.1. The molecule has 0 amide bonds. The Hall–Kier alpha value is -3.50. The van der Waals surface area contributed by atoms with Crippen LogP contribution < -0.4 is 0 Å². The number of esters is 4. The van der Waals surface area contributed by atoms with E-state index in [1.54, 1.807) is 0 Å². The molecular formula is C79H142O17P2. The van der Waals surface area contributed by atoms with Gasteiger partial charge in [-0.15, -0.1) is 0 Å². The Morgan fingerprint density at radius 1 is 0.286 bits per heavy atom. The zero-order chi connectivity index (χ0) is 71.8. The van der Waals surface area contributed by atoms with E-state index in [2.05, 4.69) is 88.5 Å². The minimum atomic E-state index is -4.98. The first-order chi connectivity index (χ1) is 47.7. The number of ether oxygens (including phenoxy) is 4. The SMILES string of the molecule is CCCCC/C=C\C/C=C\C/C=C\C/C=C\CCCC(=O)OC[C@H](COP(=O)(O)OC[C@@H](O)COP(=O)(O)OC[C@@H](COC(=O)CCCCCCC/C=C\CCCCCCCC)OC(=O)CCCCCCCCCCCCCCC)OC(=O)CCCCCCC/C=C\CCCCCC. The summed E-state index contributed by atoms with van der Waals surface area (Å²) in [5, 5.41) is 10.6. The molecule has 17 nitrogen and oxygen atoms in total. The summed E-state index contributed by atoms with van der Waals surface area (Å²) in [4.78, 5) is 72.8. The lowest BCUT2D eigenvalue weighted by Gasteiger charge is -2.21. The minimum Gasteiger partial charge on any atom is -0.462 e. The first-order valence-corrected chi connectivity index (χ1v) is 42.2. The average molecular weight is 1430 g/mol. The van der Waals surface area contributed by atoms with Crippen LogP contribution in [0.15, 0.2) is 72.9 Å². The Morgan fingerprint density at radius 3 is 0.847 bits per heavy atom. The number of aliphatic hydroxyl groups is 1. The largest absolute Gasteiger partial charge is 0.472 e. The van der Waals surface area contributed by atoms with Crippen molar-refractivity contribution in [3.05, 3.63) is 72.9 Å². The summed E-state index contributed by atoms with van der Waals surface area (Å²) in [7, 11) is -9.95. The summed E-state index contributed by atoms with van der Waals surface area (Å²) in [5.74, 6) is -2.23. The van der Waals surface area contributed by atoms with Crippen molar-refractivity contribution in [1.29, 1.82) is 0 Å². The third-order valence-electron chi connectivity index (χ3n) is 16.6. The fourth-order valence-electron chi connectivity index (χ4n) is 10.6. The number of allylic oxidation sites excluding steroid dienone is 12. The van der Waals surface area contributed by atoms with E-state index in [1.165, 1.54) is 135 Å². The molecule has 0 fully saturated rings. The van der Waals surface area contributed by atoms with E-state index in [1.807, 2.05) is 12.2 Å². The van der Waals surface area contributed by atoms with Crippen molar-refractivity contribution in [3.8, 4) is 0 Å². The Morgan fingerprint density at radius 2 is 0.510 bits per heavy atom. The Balaban J connectivity index is 5.37. The van der Waals surface area contributed by atoms with Gasteiger partial charge in [-0.25, -0.2) is 9.13 Å². The first kappa shape index (κ1) is 94.5. The highest BCUT2D eigenvalue weighted by Crippen LogP contribution is 2.45. The van der Waals surface area contributed by atoms with E-state index < -0.39 is 97.5 Å². The van der Waals surface area contributed by atoms with Crippen LogP contribution in [0.25, 0.3) is 0 Å². The van der Waals surface area contributed by atoms with Gasteiger partial charge in [-0.3, -0.25) is 37.3 Å². The van der Waals surface area contributed by atoms with Gasteiger partial charge in [0.15, 0.2) is 12.2 Å². The summed E-state index contributed by atoms with van der Waals surface area (Å²) in [5.41, 5.74) is 0. The Kier molecular flexibility index (Phi) is 69.3. The average Bonchev–Trinajstić information content (AvgIpc) is 0.969. The molecule has 3 N–H and O–H groups in total. The maximum absolute atomic E-state index is 13.1. The van der Waals surface area contributed by atoms with Crippen LogP contribution in [-0.4, -0.2) is 96.7 Å². The number of hydrogen-bond acceptors (Lipinski definition) is 15. The van der Waals surface area contributed by atoms with Gasteiger partial charge in [0.2, 0.25) is 0 Å². The number of carbonyl (C=O) groups excluding carboxylic acids is 4. The topological polar surface area (TPSA) is 237 Å². The molecule has 2 unspecified atom stereocenters. The molecule has 0 aliphatic carbocycles. The van der Waals surface area contributed by atoms with Crippen LogP contribution in [0.5, 0.6) is 0 Å². The number of hydrogen-bond donors (Lipinski definition) is 3. The zero-order valence-electron chi connectivity index (χ0n) is 62.2. The predicted molar refractivity (Wildman–Crippen MR) is 400 cm³/mol. The number of phosphoric ester groups is 2. The van der Waals surface area contributed by atoms with Gasteiger partial charge in [-0.1, -0.05) is 280 Å². The zero-order valence-corrected chi connectivity index (χ0v) is 64.0. The van der Waals surface area contributed by atoms with Crippen molar-refractivity contribution < 1.29 is 80.2 Å². The molecule has 0 aromatic carbocycles. The second-order valence-electron chi connectivity index (χ2n) is 26.3. The van der Waals surface area contributed by atoms with Gasteiger partial charge in [-0.05, 0) is 116 Å². The molecule has 0 aromatic rings. The molecule has 0 aliphatic heterocycles. The van der Waals surface area contributed by atoms with E-state index in [9.17, 15) is 43.2 Å². The summed E-state index contributed by atoms with van der Waals surface area (Å²) in [6.07, 6.45) is 71.8. The van der Waals surface area contributed by atoms with E-state index in [0.717, 1.165) is 128 Å². The first-order valence-electron chi connectivity index (χ1n) is 39.2. The van der Waals surface area contributed by atoms with Crippen LogP contribution in [0.3, 0.4) is 0 Å². The van der Waals surface area contributed by atoms with Crippen LogP contribution >= 0.6 is 15.6 Å². The molecule has 0 heterocycles. The predicted octanol–water partition coefficient (Wildman–Crippen LogP) is 22.4. The molecule has 0 saturated heterocycles. The van der Waals surface area contributed by atoms with Gasteiger partial charge in [0.25, 0.3) is 0 Å². The van der Waals surface area contributed by atoms with E-state index in [-0.39, 0.29) is 25.7 Å². The second-order valence-corrected chi connectivity index (χ2v) is 29.2. The summed E-state index contributed by atoms with van der Waals surface area (Å²) in [6.45, 7) is 4.79. The van der Waals surface area contributed by atoms with Gasteiger partial charge in [0, 0.05) is 25.7 Å². The third-order valence-corrected chi connectivity index (χ3v) is 18.5. The van der Waals surface area contributed by atoms with E-state index in [4.69, 9.17) is 37.0 Å². The van der Waals surface area contributed by atoms with Gasteiger partial charge in [0.05, 0.1) is 26.4 Å². The molecule has 0 rings (SSSR count). The molecule has 570 valence electrons. The summed E-state index contributed by atoms with van der Waals surface area (Å²) >= 11 is 0. The molecule has 19 heteroatoms. The number of unbranched alkanes of at least 4 members (excludes halogenated alkanes) is 36. The number of rotatable bonds is 74. The van der Waals surface area contributed by atoms with Gasteiger partial charge < -0.3 is 33.8 Å². The number of phosphoric acid groups is 2. The fourth-order valence-corrected chi connectivity index (χ4v) is 12.2. The highest BCUT2D eigenvalue weighted by atomic mass is 31.2. The van der Waals surface area contributed by atoms with Crippen molar-refractivity contribution in [2.24, 2.45) is 0 Å². The molecule has 0 saturated carbocycles. The van der Waals surface area contributed by atoms with E-state index in [0.29, 0.717) is 32.1 Å². The van der Waals surface area contributed by atoms with Gasteiger partial charge >= 0.3 is 39.5 Å². The van der Waals surface area contributed by atoms with Crippen LogP contribution in [0.4, 0.5) is 0 Å². The van der Waals surface area contributed by atoms with Crippen molar-refractivity contribution in [1.82, 2.24) is 0 Å².